The third kappa shape index (κ3) is 3.50. The number of carbonyl (C=O) groups excluding carboxylic acids is 1. The van der Waals surface area contributed by atoms with Gasteiger partial charge in [0, 0.05) is 12.4 Å². The Hall–Kier alpha value is -3.39. The van der Waals surface area contributed by atoms with Crippen LogP contribution in [0, 0.1) is 0 Å². The summed E-state index contributed by atoms with van der Waals surface area (Å²) < 4.78 is 13.7. The van der Waals surface area contributed by atoms with E-state index in [1.54, 1.807) is 17.5 Å². The van der Waals surface area contributed by atoms with E-state index in [-0.39, 0.29) is 18.6 Å². The van der Waals surface area contributed by atoms with E-state index in [1.165, 1.54) is 11.3 Å². The van der Waals surface area contributed by atoms with Crippen LogP contribution in [0.2, 0.25) is 0 Å². The number of para-hydroxylation sites is 4. The fraction of sp³-hybridized carbons (Fsp3) is 0.227. The highest BCUT2D eigenvalue weighted by atomic mass is 32.1. The highest BCUT2D eigenvalue weighted by molar-refractivity contribution is 7.07. The number of nitrogens with zero attached hydrogens (tertiary/aromatic N) is 4. The molecular formula is C22H20N4O3S. The van der Waals surface area contributed by atoms with E-state index in [9.17, 15) is 4.79 Å². The van der Waals surface area contributed by atoms with Crippen molar-refractivity contribution in [2.45, 2.75) is 12.6 Å². The second kappa shape index (κ2) is 7.79. The van der Waals surface area contributed by atoms with Gasteiger partial charge in [-0.15, -0.1) is 11.3 Å². The van der Waals surface area contributed by atoms with E-state index in [1.807, 2.05) is 58.5 Å². The Kier molecular flexibility index (Phi) is 4.84. The van der Waals surface area contributed by atoms with Gasteiger partial charge < -0.3 is 18.9 Å². The van der Waals surface area contributed by atoms with Crippen molar-refractivity contribution in [3.05, 3.63) is 59.4 Å². The summed E-state index contributed by atoms with van der Waals surface area (Å²) in [5, 5.41) is 1.94. The van der Waals surface area contributed by atoms with Gasteiger partial charge in [-0.1, -0.05) is 24.3 Å². The fourth-order valence-electron chi connectivity index (χ4n) is 3.57. The summed E-state index contributed by atoms with van der Waals surface area (Å²) in [6.07, 6.45) is -0.216. The van der Waals surface area contributed by atoms with E-state index in [0.29, 0.717) is 24.7 Å². The molecule has 7 nitrogen and oxygen atoms in total. The first-order valence-electron chi connectivity index (χ1n) is 9.65. The second-order valence-electron chi connectivity index (χ2n) is 7.16. The second-order valence-corrected chi connectivity index (χ2v) is 7.87. The molecule has 2 aromatic heterocycles. The van der Waals surface area contributed by atoms with Crippen LogP contribution in [0.4, 0.5) is 0 Å². The van der Waals surface area contributed by atoms with Crippen LogP contribution >= 0.6 is 11.3 Å². The van der Waals surface area contributed by atoms with Gasteiger partial charge in [0.2, 0.25) is 5.91 Å². The van der Waals surface area contributed by atoms with E-state index in [4.69, 9.17) is 14.5 Å². The number of aromatic nitrogens is 3. The average molecular weight is 420 g/mol. The molecule has 8 heteroatoms. The molecule has 5 rings (SSSR count). The first-order valence-corrected chi connectivity index (χ1v) is 10.6. The molecule has 0 bridgehead atoms. The Morgan fingerprint density at radius 2 is 2.00 bits per heavy atom. The predicted octanol–water partition coefficient (Wildman–Crippen LogP) is 3.46. The van der Waals surface area contributed by atoms with Crippen LogP contribution in [-0.2, 0) is 11.3 Å². The summed E-state index contributed by atoms with van der Waals surface area (Å²) in [4.78, 5) is 23.8. The molecule has 0 spiro atoms. The summed E-state index contributed by atoms with van der Waals surface area (Å²) in [6.45, 7) is 1.02. The largest absolute Gasteiger partial charge is 0.486 e. The van der Waals surface area contributed by atoms with Crippen LogP contribution in [-0.4, -0.2) is 51.6 Å². The number of likely N-dealkylation sites (N-methyl/N-ethyl adjacent to an activating group) is 1. The van der Waals surface area contributed by atoms with E-state index in [2.05, 4.69) is 4.98 Å². The molecule has 30 heavy (non-hydrogen) atoms. The quantitative estimate of drug-likeness (QED) is 0.495. The Balaban J connectivity index is 1.34. The summed E-state index contributed by atoms with van der Waals surface area (Å²) in [7, 11) is 1.79. The number of carbonyl (C=O) groups is 1. The maximum absolute atomic E-state index is 13.1. The molecule has 0 N–H and O–H groups in total. The molecule has 0 radical (unpaired) electrons. The molecule has 2 aromatic carbocycles. The topological polar surface area (TPSA) is 69.5 Å². The Labute approximate surface area is 177 Å². The Morgan fingerprint density at radius 1 is 1.20 bits per heavy atom. The number of rotatable bonds is 5. The lowest BCUT2D eigenvalue weighted by Gasteiger charge is -2.29. The third-order valence-electron chi connectivity index (χ3n) is 5.08. The molecule has 0 aliphatic carbocycles. The zero-order valence-electron chi connectivity index (χ0n) is 16.4. The summed E-state index contributed by atoms with van der Waals surface area (Å²) in [6, 6.07) is 15.4. The van der Waals surface area contributed by atoms with Gasteiger partial charge in [0.25, 0.3) is 0 Å². The van der Waals surface area contributed by atoms with Gasteiger partial charge >= 0.3 is 0 Å². The van der Waals surface area contributed by atoms with Gasteiger partial charge in [0.1, 0.15) is 18.8 Å². The van der Waals surface area contributed by atoms with E-state index >= 15 is 0 Å². The molecule has 0 unspecified atom stereocenters. The van der Waals surface area contributed by atoms with Gasteiger partial charge in [-0.2, -0.15) is 0 Å². The highest BCUT2D eigenvalue weighted by Gasteiger charge is 2.25. The summed E-state index contributed by atoms with van der Waals surface area (Å²) >= 11 is 1.51. The molecule has 1 atom stereocenters. The SMILES string of the molecule is CN(C[C@@H]1COc2ccccc2O1)C(=O)Cn1c(-c2cscn2)nc2ccccc21. The Morgan fingerprint density at radius 3 is 2.83 bits per heavy atom. The molecule has 152 valence electrons. The standard InChI is InChI=1S/C22H20N4O3S/c1-25(10-15-12-28-19-8-4-5-9-20(19)29-15)21(27)11-26-18-7-3-2-6-16(18)24-22(26)17-13-30-14-23-17/h2-9,13-15H,10-12H2,1H3/t15-/m1/s1. The molecule has 1 aliphatic rings. The fourth-order valence-corrected chi connectivity index (χ4v) is 4.10. The third-order valence-corrected chi connectivity index (χ3v) is 5.67. The predicted molar refractivity (Wildman–Crippen MR) is 115 cm³/mol. The first kappa shape index (κ1) is 18.6. The van der Waals surface area contributed by atoms with Crippen molar-refractivity contribution in [2.24, 2.45) is 0 Å². The molecule has 0 fully saturated rings. The van der Waals surface area contributed by atoms with Crippen molar-refractivity contribution >= 4 is 28.3 Å². The lowest BCUT2D eigenvalue weighted by atomic mass is 10.2. The Bertz CT molecular complexity index is 1190. The van der Waals surface area contributed by atoms with Crippen LogP contribution in [0.15, 0.2) is 59.4 Å². The zero-order valence-corrected chi connectivity index (χ0v) is 17.2. The van der Waals surface area contributed by atoms with Crippen LogP contribution < -0.4 is 9.47 Å². The van der Waals surface area contributed by atoms with Gasteiger partial charge in [-0.25, -0.2) is 9.97 Å². The molecule has 0 saturated carbocycles. The van der Waals surface area contributed by atoms with Crippen LogP contribution in [0.5, 0.6) is 11.5 Å². The molecule has 4 aromatic rings. The average Bonchev–Trinajstić information content (AvgIpc) is 3.42. The number of ether oxygens (including phenoxy) is 2. The lowest BCUT2D eigenvalue weighted by molar-refractivity contribution is -0.131. The van der Waals surface area contributed by atoms with Crippen molar-refractivity contribution in [3.63, 3.8) is 0 Å². The number of amides is 1. The number of imidazole rings is 1. The van der Waals surface area contributed by atoms with Gasteiger partial charge in [0.15, 0.2) is 23.4 Å². The molecule has 1 aliphatic heterocycles. The van der Waals surface area contributed by atoms with Crippen molar-refractivity contribution in [1.82, 2.24) is 19.4 Å². The van der Waals surface area contributed by atoms with Crippen LogP contribution in [0.1, 0.15) is 0 Å². The van der Waals surface area contributed by atoms with Crippen molar-refractivity contribution in [1.29, 1.82) is 0 Å². The number of thiazole rings is 1. The first-order chi connectivity index (χ1) is 14.7. The van der Waals surface area contributed by atoms with Crippen molar-refractivity contribution < 1.29 is 14.3 Å². The monoisotopic (exact) mass is 420 g/mol. The summed E-state index contributed by atoms with van der Waals surface area (Å²) in [5.41, 5.74) is 4.29. The number of hydrogen-bond acceptors (Lipinski definition) is 6. The maximum atomic E-state index is 13.1. The zero-order chi connectivity index (χ0) is 20.5. The van der Waals surface area contributed by atoms with Crippen molar-refractivity contribution in [2.75, 3.05) is 20.2 Å². The van der Waals surface area contributed by atoms with Gasteiger partial charge in [0.05, 0.1) is 23.1 Å². The number of benzene rings is 2. The van der Waals surface area contributed by atoms with Crippen LogP contribution in [0.3, 0.4) is 0 Å². The lowest BCUT2D eigenvalue weighted by Crippen LogP contribution is -2.42. The van der Waals surface area contributed by atoms with E-state index in [0.717, 1.165) is 22.5 Å². The molecular weight excluding hydrogens is 400 g/mol. The minimum Gasteiger partial charge on any atom is -0.486 e. The molecule has 1 amide bonds. The minimum absolute atomic E-state index is 0.0305. The number of fused-ring (bicyclic) bond motifs is 2. The normalized spacial score (nSPS) is 15.3. The van der Waals surface area contributed by atoms with Crippen LogP contribution in [0.25, 0.3) is 22.6 Å². The highest BCUT2D eigenvalue weighted by Crippen LogP contribution is 2.31. The van der Waals surface area contributed by atoms with Gasteiger partial charge in [-0.05, 0) is 24.3 Å². The minimum atomic E-state index is -0.216. The summed E-state index contributed by atoms with van der Waals surface area (Å²) in [5.74, 6) is 2.11. The molecule has 3 heterocycles. The van der Waals surface area contributed by atoms with E-state index < -0.39 is 0 Å². The molecule has 0 saturated heterocycles. The smallest absolute Gasteiger partial charge is 0.242 e. The maximum Gasteiger partial charge on any atom is 0.242 e. The van der Waals surface area contributed by atoms with Crippen molar-refractivity contribution in [3.8, 4) is 23.0 Å². The van der Waals surface area contributed by atoms with Gasteiger partial charge in [-0.3, -0.25) is 4.79 Å². The number of hydrogen-bond donors (Lipinski definition) is 0.